The zero-order valence-corrected chi connectivity index (χ0v) is 12.3. The summed E-state index contributed by atoms with van der Waals surface area (Å²) in [5, 5.41) is 13.6. The van der Waals surface area contributed by atoms with E-state index in [0.717, 1.165) is 16.0 Å². The molecule has 2 aromatic rings. The second-order valence-corrected chi connectivity index (χ2v) is 5.47. The number of amides is 1. The smallest absolute Gasteiger partial charge is 0.335 e. The van der Waals surface area contributed by atoms with Gasteiger partial charge in [0.15, 0.2) is 0 Å². The minimum absolute atomic E-state index is 0.205. The lowest BCUT2D eigenvalue weighted by molar-refractivity contribution is -0.116. The summed E-state index contributed by atoms with van der Waals surface area (Å²) in [5.41, 5.74) is 2.11. The monoisotopic (exact) mass is 301 g/mol. The summed E-state index contributed by atoms with van der Waals surface area (Å²) in [6.45, 7) is 2.29. The number of carboxylic acid groups (broad SMARTS) is 1. The molecular weight excluding hydrogens is 286 g/mol. The number of rotatable bonds is 5. The molecule has 0 aliphatic rings. The van der Waals surface area contributed by atoms with Crippen LogP contribution in [0, 0.1) is 6.92 Å². The van der Waals surface area contributed by atoms with Gasteiger partial charge in [-0.2, -0.15) is 0 Å². The zero-order valence-electron chi connectivity index (χ0n) is 11.5. The summed E-state index contributed by atoms with van der Waals surface area (Å²) >= 11 is 1.58. The fourth-order valence-corrected chi connectivity index (χ4v) is 2.59. The second kappa shape index (κ2) is 6.85. The van der Waals surface area contributed by atoms with Crippen LogP contribution in [0.2, 0.25) is 0 Å². The molecule has 0 aliphatic carbocycles. The number of aryl methyl sites for hydroxylation is 1. The topological polar surface area (TPSA) is 66.4 Å². The molecule has 0 spiro atoms. The van der Waals surface area contributed by atoms with Gasteiger partial charge < -0.3 is 10.4 Å². The largest absolute Gasteiger partial charge is 0.478 e. The maximum absolute atomic E-state index is 11.7. The first-order valence-electron chi connectivity index (χ1n) is 6.38. The Morgan fingerprint density at radius 3 is 2.81 bits per heavy atom. The first-order chi connectivity index (χ1) is 10.1. The number of hydrogen-bond donors (Lipinski definition) is 2. The fraction of sp³-hybridized carbons (Fsp3) is 0.125. The van der Waals surface area contributed by atoms with Crippen molar-refractivity contribution in [2.75, 3.05) is 0 Å². The molecule has 0 radical (unpaired) electrons. The zero-order chi connectivity index (χ0) is 15.2. The van der Waals surface area contributed by atoms with Crippen molar-refractivity contribution in [3.63, 3.8) is 0 Å². The highest BCUT2D eigenvalue weighted by Gasteiger charge is 2.04. The summed E-state index contributed by atoms with van der Waals surface area (Å²) in [5.74, 6) is -1.18. The first-order valence-corrected chi connectivity index (χ1v) is 7.26. The van der Waals surface area contributed by atoms with Crippen LogP contribution in [-0.4, -0.2) is 17.0 Å². The van der Waals surface area contributed by atoms with E-state index in [-0.39, 0.29) is 11.5 Å². The van der Waals surface area contributed by atoms with Crippen LogP contribution >= 0.6 is 11.3 Å². The number of benzene rings is 1. The van der Waals surface area contributed by atoms with Gasteiger partial charge >= 0.3 is 5.97 Å². The highest BCUT2D eigenvalue weighted by Crippen LogP contribution is 2.16. The molecule has 0 fully saturated rings. The van der Waals surface area contributed by atoms with E-state index in [4.69, 9.17) is 5.11 Å². The Morgan fingerprint density at radius 1 is 1.33 bits per heavy atom. The van der Waals surface area contributed by atoms with Crippen molar-refractivity contribution in [1.29, 1.82) is 0 Å². The van der Waals surface area contributed by atoms with Crippen LogP contribution in [0.15, 0.2) is 41.8 Å². The van der Waals surface area contributed by atoms with E-state index in [1.54, 1.807) is 35.6 Å². The van der Waals surface area contributed by atoms with Crippen molar-refractivity contribution in [2.45, 2.75) is 13.5 Å². The Kier molecular flexibility index (Phi) is 4.90. The molecule has 2 rings (SSSR count). The van der Waals surface area contributed by atoms with E-state index in [2.05, 4.69) is 5.32 Å². The Morgan fingerprint density at radius 2 is 2.14 bits per heavy atom. The van der Waals surface area contributed by atoms with Crippen LogP contribution in [0.5, 0.6) is 0 Å². The van der Waals surface area contributed by atoms with Crippen LogP contribution < -0.4 is 5.32 Å². The molecule has 0 saturated carbocycles. The maximum atomic E-state index is 11.7. The molecule has 1 aromatic carbocycles. The number of aromatic carboxylic acids is 1. The van der Waals surface area contributed by atoms with Crippen molar-refractivity contribution in [3.05, 3.63) is 63.4 Å². The molecule has 1 amide bonds. The standard InChI is InChI=1S/C16H15NO3S/c1-11-7-8-21-14(11)5-6-15(18)17-10-12-3-2-4-13(9-12)16(19)20/h2-9H,10H2,1H3,(H,17,18)(H,19,20)/b6-5+. The molecule has 0 unspecified atom stereocenters. The first kappa shape index (κ1) is 15.0. The van der Waals surface area contributed by atoms with Gasteiger partial charge in [0.25, 0.3) is 0 Å². The highest BCUT2D eigenvalue weighted by atomic mass is 32.1. The van der Waals surface area contributed by atoms with E-state index in [1.807, 2.05) is 18.4 Å². The van der Waals surface area contributed by atoms with Crippen molar-refractivity contribution in [2.24, 2.45) is 0 Å². The number of carbonyl (C=O) groups excluding carboxylic acids is 1. The molecule has 0 bridgehead atoms. The quantitative estimate of drug-likeness (QED) is 0.834. The molecule has 0 aliphatic heterocycles. The van der Waals surface area contributed by atoms with Gasteiger partial charge in [0.1, 0.15) is 0 Å². The van der Waals surface area contributed by atoms with Crippen LogP contribution in [0.3, 0.4) is 0 Å². The van der Waals surface area contributed by atoms with Crippen LogP contribution in [0.1, 0.15) is 26.4 Å². The third-order valence-corrected chi connectivity index (χ3v) is 3.91. The van der Waals surface area contributed by atoms with Gasteiger partial charge in [0.05, 0.1) is 5.56 Å². The third kappa shape index (κ3) is 4.29. The number of thiophene rings is 1. The van der Waals surface area contributed by atoms with E-state index in [1.165, 1.54) is 12.1 Å². The third-order valence-electron chi connectivity index (χ3n) is 2.93. The van der Waals surface area contributed by atoms with Gasteiger partial charge in [-0.05, 0) is 47.7 Å². The van der Waals surface area contributed by atoms with Gasteiger partial charge in [-0.3, -0.25) is 4.79 Å². The molecule has 0 atom stereocenters. The van der Waals surface area contributed by atoms with Gasteiger partial charge in [-0.15, -0.1) is 11.3 Å². The van der Waals surface area contributed by atoms with Crippen molar-refractivity contribution in [3.8, 4) is 0 Å². The molecule has 108 valence electrons. The predicted molar refractivity (Wildman–Crippen MR) is 83.3 cm³/mol. The SMILES string of the molecule is Cc1ccsc1/C=C/C(=O)NCc1cccc(C(=O)O)c1. The van der Waals surface area contributed by atoms with E-state index < -0.39 is 5.97 Å². The summed E-state index contributed by atoms with van der Waals surface area (Å²) < 4.78 is 0. The molecule has 5 heteroatoms. The minimum Gasteiger partial charge on any atom is -0.478 e. The van der Waals surface area contributed by atoms with Gasteiger partial charge in [0, 0.05) is 17.5 Å². The van der Waals surface area contributed by atoms with Crippen LogP contribution in [-0.2, 0) is 11.3 Å². The second-order valence-electron chi connectivity index (χ2n) is 4.52. The van der Waals surface area contributed by atoms with Gasteiger partial charge in [0.2, 0.25) is 5.91 Å². The molecule has 21 heavy (non-hydrogen) atoms. The average molecular weight is 301 g/mol. The van der Waals surface area contributed by atoms with E-state index >= 15 is 0 Å². The number of carbonyl (C=O) groups is 2. The Balaban J connectivity index is 1.92. The Hall–Kier alpha value is -2.40. The molecule has 0 saturated heterocycles. The van der Waals surface area contributed by atoms with Crippen molar-refractivity contribution >= 4 is 29.3 Å². The summed E-state index contributed by atoms with van der Waals surface area (Å²) in [6.07, 6.45) is 3.27. The summed E-state index contributed by atoms with van der Waals surface area (Å²) in [6, 6.07) is 8.51. The lowest BCUT2D eigenvalue weighted by Gasteiger charge is -2.03. The van der Waals surface area contributed by atoms with Gasteiger partial charge in [-0.25, -0.2) is 4.79 Å². The van der Waals surface area contributed by atoms with E-state index in [9.17, 15) is 9.59 Å². The van der Waals surface area contributed by atoms with Crippen molar-refractivity contribution < 1.29 is 14.7 Å². The van der Waals surface area contributed by atoms with Gasteiger partial charge in [-0.1, -0.05) is 12.1 Å². The number of nitrogens with one attached hydrogen (secondary N) is 1. The lowest BCUT2D eigenvalue weighted by Crippen LogP contribution is -2.20. The van der Waals surface area contributed by atoms with Crippen LogP contribution in [0.4, 0.5) is 0 Å². The Labute approximate surface area is 126 Å². The summed E-state index contributed by atoms with van der Waals surface area (Å²) in [4.78, 5) is 23.6. The normalized spacial score (nSPS) is 10.7. The van der Waals surface area contributed by atoms with Crippen LogP contribution in [0.25, 0.3) is 6.08 Å². The maximum Gasteiger partial charge on any atom is 0.335 e. The molecular formula is C16H15NO3S. The number of hydrogen-bond acceptors (Lipinski definition) is 3. The molecule has 2 N–H and O–H groups in total. The fourth-order valence-electron chi connectivity index (χ4n) is 1.77. The number of carboxylic acids is 1. The summed E-state index contributed by atoms with van der Waals surface area (Å²) in [7, 11) is 0. The Bertz CT molecular complexity index is 688. The average Bonchev–Trinajstić information content (AvgIpc) is 2.88. The highest BCUT2D eigenvalue weighted by molar-refractivity contribution is 7.11. The molecule has 4 nitrogen and oxygen atoms in total. The van der Waals surface area contributed by atoms with E-state index in [0.29, 0.717) is 6.54 Å². The molecule has 1 aromatic heterocycles. The molecule has 1 heterocycles. The lowest BCUT2D eigenvalue weighted by atomic mass is 10.1. The predicted octanol–water partition coefficient (Wildman–Crippen LogP) is 3.08. The minimum atomic E-state index is -0.976. The van der Waals surface area contributed by atoms with Crippen molar-refractivity contribution in [1.82, 2.24) is 5.32 Å².